The van der Waals surface area contributed by atoms with E-state index >= 15 is 0 Å². The van der Waals surface area contributed by atoms with Crippen LogP contribution in [-0.4, -0.2) is 80.4 Å². The number of aliphatic hydroxyl groups is 1. The number of aliphatic hydroxyl groups excluding tert-OH is 1. The van der Waals surface area contributed by atoms with E-state index in [2.05, 4.69) is 15.6 Å². The Bertz CT molecular complexity index is 646. The predicted octanol–water partition coefficient (Wildman–Crippen LogP) is -0.382. The summed E-state index contributed by atoms with van der Waals surface area (Å²) in [4.78, 5) is 16.1. The maximum Gasteiger partial charge on any atom is 0.222 e. The van der Waals surface area contributed by atoms with Gasteiger partial charge in [0, 0.05) is 44.9 Å². The second kappa shape index (κ2) is 10.1. The van der Waals surface area contributed by atoms with Gasteiger partial charge in [0.1, 0.15) is 12.2 Å². The number of carbonyl (C=O) groups is 1. The number of ether oxygens (including phenoxy) is 4. The molecule has 3 rings (SSSR count). The Hall–Kier alpha value is -1.78. The quantitative estimate of drug-likeness (QED) is 0.460. The molecule has 5 atom stereocenters. The van der Waals surface area contributed by atoms with Crippen molar-refractivity contribution in [1.29, 1.82) is 0 Å². The van der Waals surface area contributed by atoms with Crippen molar-refractivity contribution in [3.05, 3.63) is 23.9 Å². The van der Waals surface area contributed by atoms with Crippen LogP contribution < -0.4 is 15.4 Å². The molecule has 5 unspecified atom stereocenters. The van der Waals surface area contributed by atoms with E-state index in [4.69, 9.17) is 18.9 Å². The number of nitrogens with zero attached hydrogens (tertiary/aromatic N) is 1. The molecule has 1 aromatic heterocycles. The summed E-state index contributed by atoms with van der Waals surface area (Å²) in [6.45, 7) is 2.00. The van der Waals surface area contributed by atoms with Crippen LogP contribution in [0, 0.1) is 0 Å². The van der Waals surface area contributed by atoms with Gasteiger partial charge in [-0.05, 0) is 6.07 Å². The topological polar surface area (TPSA) is 111 Å². The molecule has 0 bridgehead atoms. The van der Waals surface area contributed by atoms with Crippen LogP contribution in [0.5, 0.6) is 5.88 Å². The number of methoxy groups -OCH3 is 2. The molecule has 0 aromatic carbocycles. The van der Waals surface area contributed by atoms with Gasteiger partial charge in [0.2, 0.25) is 11.8 Å². The van der Waals surface area contributed by atoms with E-state index in [0.717, 1.165) is 5.56 Å². The lowest BCUT2D eigenvalue weighted by Gasteiger charge is -2.20. The highest BCUT2D eigenvalue weighted by molar-refractivity contribution is 5.76. The fraction of sp³-hybridized carbons (Fsp3) is 0.684. The van der Waals surface area contributed by atoms with Crippen LogP contribution >= 0.6 is 0 Å². The molecule has 9 nitrogen and oxygen atoms in total. The Morgan fingerprint density at radius 1 is 1.39 bits per heavy atom. The lowest BCUT2D eigenvalue weighted by Crippen LogP contribution is -2.39. The van der Waals surface area contributed by atoms with Gasteiger partial charge in [0.15, 0.2) is 0 Å². The number of hydrogen-bond donors (Lipinski definition) is 3. The molecule has 2 aliphatic heterocycles. The number of carbonyl (C=O) groups excluding carboxylic acids is 1. The van der Waals surface area contributed by atoms with E-state index < -0.39 is 12.2 Å². The second-order valence-corrected chi connectivity index (χ2v) is 7.01. The Kier molecular flexibility index (Phi) is 7.57. The van der Waals surface area contributed by atoms with Crippen LogP contribution in [0.25, 0.3) is 0 Å². The first kappa shape index (κ1) is 20.9. The van der Waals surface area contributed by atoms with Crippen LogP contribution in [0.15, 0.2) is 18.3 Å². The van der Waals surface area contributed by atoms with Crippen molar-refractivity contribution in [3.8, 4) is 5.88 Å². The van der Waals surface area contributed by atoms with Crippen molar-refractivity contribution in [2.75, 3.05) is 33.9 Å². The SMILES string of the molecule is COCCNC(=O)CC1CC2OC(CNCc3cccnc3OC)C(O)C2O1. The average molecular weight is 395 g/mol. The molecule has 3 N–H and O–H groups in total. The molecular weight excluding hydrogens is 366 g/mol. The first-order valence-electron chi connectivity index (χ1n) is 9.55. The van der Waals surface area contributed by atoms with Crippen LogP contribution in [0.2, 0.25) is 0 Å². The van der Waals surface area contributed by atoms with Crippen LogP contribution in [0.3, 0.4) is 0 Å². The molecule has 28 heavy (non-hydrogen) atoms. The van der Waals surface area contributed by atoms with E-state index in [9.17, 15) is 9.90 Å². The molecule has 2 aliphatic rings. The van der Waals surface area contributed by atoms with Gasteiger partial charge in [-0.15, -0.1) is 0 Å². The van der Waals surface area contributed by atoms with Gasteiger partial charge >= 0.3 is 0 Å². The zero-order valence-electron chi connectivity index (χ0n) is 16.3. The van der Waals surface area contributed by atoms with Crippen molar-refractivity contribution in [2.24, 2.45) is 0 Å². The van der Waals surface area contributed by atoms with Gasteiger partial charge in [-0.25, -0.2) is 4.98 Å². The van der Waals surface area contributed by atoms with E-state index in [1.165, 1.54) is 0 Å². The number of fused-ring (bicyclic) bond motifs is 1. The van der Waals surface area contributed by atoms with E-state index in [0.29, 0.717) is 38.5 Å². The molecule has 156 valence electrons. The number of hydrogen-bond acceptors (Lipinski definition) is 8. The summed E-state index contributed by atoms with van der Waals surface area (Å²) < 4.78 is 22.0. The minimum Gasteiger partial charge on any atom is -0.481 e. The van der Waals surface area contributed by atoms with Crippen LogP contribution in [0.1, 0.15) is 18.4 Å². The van der Waals surface area contributed by atoms with Crippen LogP contribution in [-0.2, 0) is 25.5 Å². The first-order valence-corrected chi connectivity index (χ1v) is 9.55. The Morgan fingerprint density at radius 2 is 2.25 bits per heavy atom. The van der Waals surface area contributed by atoms with Gasteiger partial charge < -0.3 is 34.7 Å². The normalized spacial score (nSPS) is 28.9. The molecule has 2 saturated heterocycles. The zero-order valence-corrected chi connectivity index (χ0v) is 16.3. The van der Waals surface area contributed by atoms with Gasteiger partial charge in [-0.3, -0.25) is 4.79 Å². The van der Waals surface area contributed by atoms with Gasteiger partial charge in [-0.2, -0.15) is 0 Å². The summed E-state index contributed by atoms with van der Waals surface area (Å²) in [5, 5.41) is 16.6. The van der Waals surface area contributed by atoms with Gasteiger partial charge in [0.25, 0.3) is 0 Å². The van der Waals surface area contributed by atoms with Crippen molar-refractivity contribution in [1.82, 2.24) is 15.6 Å². The van der Waals surface area contributed by atoms with Crippen molar-refractivity contribution < 1.29 is 28.8 Å². The van der Waals surface area contributed by atoms with E-state index in [1.54, 1.807) is 20.4 Å². The average Bonchev–Trinajstić information content (AvgIpc) is 3.21. The summed E-state index contributed by atoms with van der Waals surface area (Å²) in [6, 6.07) is 3.79. The van der Waals surface area contributed by atoms with Crippen molar-refractivity contribution in [2.45, 2.75) is 49.9 Å². The van der Waals surface area contributed by atoms with Gasteiger partial charge in [0.05, 0.1) is 38.4 Å². The first-order chi connectivity index (χ1) is 13.6. The number of rotatable bonds is 10. The molecule has 1 amide bonds. The van der Waals surface area contributed by atoms with E-state index in [1.807, 2.05) is 12.1 Å². The molecule has 1 aromatic rings. The summed E-state index contributed by atoms with van der Waals surface area (Å²) in [6.07, 6.45) is 0.648. The van der Waals surface area contributed by atoms with Crippen molar-refractivity contribution in [3.63, 3.8) is 0 Å². The summed E-state index contributed by atoms with van der Waals surface area (Å²) >= 11 is 0. The van der Waals surface area contributed by atoms with Crippen LogP contribution in [0.4, 0.5) is 0 Å². The maximum absolute atomic E-state index is 11.9. The highest BCUT2D eigenvalue weighted by Crippen LogP contribution is 2.35. The smallest absolute Gasteiger partial charge is 0.222 e. The summed E-state index contributed by atoms with van der Waals surface area (Å²) in [7, 11) is 3.17. The van der Waals surface area contributed by atoms with E-state index in [-0.39, 0.29) is 30.6 Å². The monoisotopic (exact) mass is 395 g/mol. The third kappa shape index (κ3) is 5.18. The van der Waals surface area contributed by atoms with Gasteiger partial charge in [-0.1, -0.05) is 6.07 Å². The molecule has 9 heteroatoms. The predicted molar refractivity (Wildman–Crippen MR) is 99.9 cm³/mol. The standard InChI is InChI=1S/C19H29N3O6/c1-25-7-6-21-16(23)9-13-8-14-18(27-13)17(24)15(28-14)11-20-10-12-4-3-5-22-19(12)26-2/h3-5,13-15,17-18,20,24H,6-11H2,1-2H3,(H,21,23). The maximum atomic E-state index is 11.9. The molecule has 0 radical (unpaired) electrons. The third-order valence-electron chi connectivity index (χ3n) is 5.02. The molecule has 3 heterocycles. The highest BCUT2D eigenvalue weighted by Gasteiger charge is 2.50. The Balaban J connectivity index is 1.40. The number of amides is 1. The minimum absolute atomic E-state index is 0.0832. The summed E-state index contributed by atoms with van der Waals surface area (Å²) in [5.74, 6) is 0.495. The fourth-order valence-corrected chi connectivity index (χ4v) is 3.67. The van der Waals surface area contributed by atoms with Crippen molar-refractivity contribution >= 4 is 5.91 Å². The molecule has 2 fully saturated rings. The number of pyridine rings is 1. The molecular formula is C19H29N3O6. The minimum atomic E-state index is -0.727. The lowest BCUT2D eigenvalue weighted by atomic mass is 10.1. The highest BCUT2D eigenvalue weighted by atomic mass is 16.6. The number of aromatic nitrogens is 1. The molecule has 0 spiro atoms. The fourth-order valence-electron chi connectivity index (χ4n) is 3.67. The summed E-state index contributed by atoms with van der Waals surface area (Å²) in [5.41, 5.74) is 0.938. The number of nitrogens with one attached hydrogen (secondary N) is 2. The zero-order chi connectivity index (χ0) is 19.9. The lowest BCUT2D eigenvalue weighted by molar-refractivity contribution is -0.124. The second-order valence-electron chi connectivity index (χ2n) is 7.01. The Morgan fingerprint density at radius 3 is 3.00 bits per heavy atom. The third-order valence-corrected chi connectivity index (χ3v) is 5.02. The largest absolute Gasteiger partial charge is 0.481 e. The molecule has 0 aliphatic carbocycles. The molecule has 0 saturated carbocycles. The Labute approximate surface area is 164 Å².